The molecule has 0 saturated carbocycles. The van der Waals surface area contributed by atoms with Gasteiger partial charge in [0.2, 0.25) is 0 Å². The third-order valence-corrected chi connectivity index (χ3v) is 4.17. The van der Waals surface area contributed by atoms with Crippen LogP contribution in [0.1, 0.15) is 0 Å². The van der Waals surface area contributed by atoms with Gasteiger partial charge in [-0.05, 0) is 35.7 Å². The number of aromatic nitrogens is 1. The number of benzene rings is 3. The van der Waals surface area contributed by atoms with Gasteiger partial charge < -0.3 is 4.74 Å². The molecule has 0 aliphatic carbocycles. The van der Waals surface area contributed by atoms with Gasteiger partial charge in [0.05, 0.1) is 18.5 Å². The van der Waals surface area contributed by atoms with E-state index in [0.717, 1.165) is 33.7 Å². The Bertz CT molecular complexity index is 976. The molecule has 2 nitrogen and oxygen atoms in total. The van der Waals surface area contributed by atoms with Crippen molar-refractivity contribution in [1.82, 2.24) is 4.98 Å². The molecule has 0 bridgehead atoms. The zero-order valence-corrected chi connectivity index (χ0v) is 13.4. The lowest BCUT2D eigenvalue weighted by Crippen LogP contribution is -1.91. The molecular weight excluding hydrogens is 294 g/mol. The molecule has 0 spiro atoms. The standard InChI is InChI=1S/C22H17NO/c1-24-19-13-11-17(12-14-19)22-20-10-6-5-9-18(20)15-21(23-22)16-7-3-2-4-8-16/h2-15H,1H3. The Morgan fingerprint density at radius 3 is 2.17 bits per heavy atom. The average molecular weight is 311 g/mol. The van der Waals surface area contributed by atoms with Crippen LogP contribution in [0.2, 0.25) is 0 Å². The summed E-state index contributed by atoms with van der Waals surface area (Å²) >= 11 is 0. The molecule has 0 aliphatic rings. The maximum atomic E-state index is 5.27. The molecule has 0 aliphatic heterocycles. The summed E-state index contributed by atoms with van der Waals surface area (Å²) in [6, 6.07) is 28.9. The molecule has 116 valence electrons. The zero-order chi connectivity index (χ0) is 16.4. The number of fused-ring (bicyclic) bond motifs is 1. The molecule has 0 radical (unpaired) electrons. The molecule has 2 heteroatoms. The van der Waals surface area contributed by atoms with Crippen molar-refractivity contribution in [3.05, 3.63) is 84.9 Å². The second-order valence-electron chi connectivity index (χ2n) is 5.67. The van der Waals surface area contributed by atoms with Crippen LogP contribution in [-0.4, -0.2) is 12.1 Å². The molecule has 0 atom stereocenters. The van der Waals surface area contributed by atoms with E-state index in [4.69, 9.17) is 9.72 Å². The second-order valence-corrected chi connectivity index (χ2v) is 5.67. The first-order chi connectivity index (χ1) is 11.8. The van der Waals surface area contributed by atoms with Gasteiger partial charge in [0.15, 0.2) is 0 Å². The summed E-state index contributed by atoms with van der Waals surface area (Å²) in [6.45, 7) is 0. The minimum atomic E-state index is 0.849. The van der Waals surface area contributed by atoms with Crippen molar-refractivity contribution in [1.29, 1.82) is 0 Å². The summed E-state index contributed by atoms with van der Waals surface area (Å²) in [4.78, 5) is 4.96. The molecule has 1 heterocycles. The van der Waals surface area contributed by atoms with E-state index in [9.17, 15) is 0 Å². The Balaban J connectivity index is 1.95. The summed E-state index contributed by atoms with van der Waals surface area (Å²) < 4.78 is 5.27. The summed E-state index contributed by atoms with van der Waals surface area (Å²) in [5, 5.41) is 2.35. The first-order valence-corrected chi connectivity index (χ1v) is 7.95. The highest BCUT2D eigenvalue weighted by atomic mass is 16.5. The van der Waals surface area contributed by atoms with Gasteiger partial charge in [-0.15, -0.1) is 0 Å². The van der Waals surface area contributed by atoms with Crippen LogP contribution >= 0.6 is 0 Å². The predicted molar refractivity (Wildman–Crippen MR) is 99.2 cm³/mol. The number of ether oxygens (including phenoxy) is 1. The first-order valence-electron chi connectivity index (χ1n) is 7.95. The van der Waals surface area contributed by atoms with E-state index in [1.165, 1.54) is 5.39 Å². The van der Waals surface area contributed by atoms with Crippen molar-refractivity contribution in [2.75, 3.05) is 7.11 Å². The van der Waals surface area contributed by atoms with Crippen LogP contribution in [0, 0.1) is 0 Å². The van der Waals surface area contributed by atoms with Gasteiger partial charge in [-0.3, -0.25) is 0 Å². The van der Waals surface area contributed by atoms with E-state index in [1.54, 1.807) is 7.11 Å². The quantitative estimate of drug-likeness (QED) is 0.493. The Labute approximate surface area is 141 Å². The van der Waals surface area contributed by atoms with Gasteiger partial charge in [0.25, 0.3) is 0 Å². The molecule has 24 heavy (non-hydrogen) atoms. The number of nitrogens with zero attached hydrogens (tertiary/aromatic N) is 1. The molecule has 0 fully saturated rings. The summed E-state index contributed by atoms with van der Waals surface area (Å²) in [5.74, 6) is 0.849. The number of rotatable bonds is 3. The third-order valence-electron chi connectivity index (χ3n) is 4.17. The van der Waals surface area contributed by atoms with Crippen LogP contribution < -0.4 is 4.74 Å². The molecule has 4 aromatic rings. The Kier molecular flexibility index (Phi) is 3.72. The minimum absolute atomic E-state index is 0.849. The second kappa shape index (κ2) is 6.17. The molecule has 0 unspecified atom stereocenters. The highest BCUT2D eigenvalue weighted by Gasteiger charge is 2.09. The molecule has 3 aromatic carbocycles. The van der Waals surface area contributed by atoms with Crippen LogP contribution in [0.3, 0.4) is 0 Å². The fourth-order valence-corrected chi connectivity index (χ4v) is 2.92. The van der Waals surface area contributed by atoms with Crippen LogP contribution in [-0.2, 0) is 0 Å². The van der Waals surface area contributed by atoms with Gasteiger partial charge in [-0.1, -0.05) is 54.6 Å². The maximum absolute atomic E-state index is 5.27. The summed E-state index contributed by atoms with van der Waals surface area (Å²) in [5.41, 5.74) is 4.19. The van der Waals surface area contributed by atoms with Crippen LogP contribution in [0.5, 0.6) is 5.75 Å². The molecule has 4 rings (SSSR count). The van der Waals surface area contributed by atoms with E-state index < -0.39 is 0 Å². The van der Waals surface area contributed by atoms with Crippen LogP contribution in [0.15, 0.2) is 84.9 Å². The lowest BCUT2D eigenvalue weighted by atomic mass is 10.0. The van der Waals surface area contributed by atoms with Crippen molar-refractivity contribution < 1.29 is 4.74 Å². The van der Waals surface area contributed by atoms with Crippen molar-refractivity contribution in [2.45, 2.75) is 0 Å². The van der Waals surface area contributed by atoms with Gasteiger partial charge in [-0.25, -0.2) is 4.98 Å². The first kappa shape index (κ1) is 14.5. The van der Waals surface area contributed by atoms with E-state index in [1.807, 2.05) is 30.3 Å². The molecule has 0 saturated heterocycles. The predicted octanol–water partition coefficient (Wildman–Crippen LogP) is 5.58. The van der Waals surface area contributed by atoms with E-state index >= 15 is 0 Å². The zero-order valence-electron chi connectivity index (χ0n) is 13.4. The summed E-state index contributed by atoms with van der Waals surface area (Å²) in [7, 11) is 1.68. The Hall–Kier alpha value is -3.13. The highest BCUT2D eigenvalue weighted by molar-refractivity contribution is 5.96. The fourth-order valence-electron chi connectivity index (χ4n) is 2.92. The number of pyridine rings is 1. The average Bonchev–Trinajstić information content (AvgIpc) is 2.68. The largest absolute Gasteiger partial charge is 0.497 e. The SMILES string of the molecule is COc1ccc(-c2nc(-c3ccccc3)cc3ccccc23)cc1. The third kappa shape index (κ3) is 2.63. The number of hydrogen-bond donors (Lipinski definition) is 0. The fraction of sp³-hybridized carbons (Fsp3) is 0.0455. The summed E-state index contributed by atoms with van der Waals surface area (Å²) in [6.07, 6.45) is 0. The normalized spacial score (nSPS) is 10.7. The maximum Gasteiger partial charge on any atom is 0.118 e. The van der Waals surface area contributed by atoms with Gasteiger partial charge in [-0.2, -0.15) is 0 Å². The Morgan fingerprint density at radius 2 is 1.42 bits per heavy atom. The molecule has 0 amide bonds. The number of methoxy groups -OCH3 is 1. The monoisotopic (exact) mass is 311 g/mol. The van der Waals surface area contributed by atoms with Crippen molar-refractivity contribution >= 4 is 10.8 Å². The van der Waals surface area contributed by atoms with E-state index in [0.29, 0.717) is 0 Å². The topological polar surface area (TPSA) is 22.1 Å². The van der Waals surface area contributed by atoms with E-state index in [2.05, 4.69) is 54.6 Å². The van der Waals surface area contributed by atoms with Crippen molar-refractivity contribution in [3.63, 3.8) is 0 Å². The van der Waals surface area contributed by atoms with Gasteiger partial charge in [0, 0.05) is 16.5 Å². The molecule has 1 aromatic heterocycles. The van der Waals surface area contributed by atoms with Crippen LogP contribution in [0.25, 0.3) is 33.3 Å². The highest BCUT2D eigenvalue weighted by Crippen LogP contribution is 2.31. The molecular formula is C22H17NO. The van der Waals surface area contributed by atoms with Gasteiger partial charge in [0.1, 0.15) is 5.75 Å². The number of hydrogen-bond acceptors (Lipinski definition) is 2. The van der Waals surface area contributed by atoms with Crippen molar-refractivity contribution in [2.24, 2.45) is 0 Å². The lowest BCUT2D eigenvalue weighted by Gasteiger charge is -2.10. The van der Waals surface area contributed by atoms with E-state index in [-0.39, 0.29) is 0 Å². The van der Waals surface area contributed by atoms with Crippen molar-refractivity contribution in [3.8, 4) is 28.3 Å². The lowest BCUT2D eigenvalue weighted by molar-refractivity contribution is 0.415. The minimum Gasteiger partial charge on any atom is -0.497 e. The Morgan fingerprint density at radius 1 is 0.708 bits per heavy atom. The molecule has 0 N–H and O–H groups in total. The van der Waals surface area contributed by atoms with Crippen LogP contribution in [0.4, 0.5) is 0 Å². The smallest absolute Gasteiger partial charge is 0.118 e. The van der Waals surface area contributed by atoms with Gasteiger partial charge >= 0.3 is 0 Å².